The highest BCUT2D eigenvalue weighted by molar-refractivity contribution is 7.98. The Morgan fingerprint density at radius 1 is 1.60 bits per heavy atom. The van der Waals surface area contributed by atoms with E-state index in [-0.39, 0.29) is 0 Å². The van der Waals surface area contributed by atoms with Gasteiger partial charge in [0, 0.05) is 18.3 Å². The molecular formula is C7H18N2S. The van der Waals surface area contributed by atoms with Crippen molar-refractivity contribution in [3.8, 4) is 0 Å². The first-order valence-corrected chi connectivity index (χ1v) is 5.13. The van der Waals surface area contributed by atoms with Gasteiger partial charge in [-0.1, -0.05) is 0 Å². The second kappa shape index (κ2) is 7.38. The first-order valence-electron chi connectivity index (χ1n) is 3.73. The SMILES string of the molecule is CSCCNC(C)CCN. The fraction of sp³-hybridized carbons (Fsp3) is 1.00. The number of hydrogen-bond acceptors (Lipinski definition) is 3. The van der Waals surface area contributed by atoms with Crippen LogP contribution in [-0.4, -0.2) is 31.1 Å². The molecule has 3 heteroatoms. The Morgan fingerprint density at radius 3 is 2.80 bits per heavy atom. The molecule has 3 N–H and O–H groups in total. The lowest BCUT2D eigenvalue weighted by Crippen LogP contribution is -2.30. The second-order valence-corrected chi connectivity index (χ2v) is 3.41. The van der Waals surface area contributed by atoms with E-state index in [4.69, 9.17) is 5.73 Å². The molecule has 0 amide bonds. The average Bonchev–Trinajstić information content (AvgIpc) is 1.89. The zero-order valence-electron chi connectivity index (χ0n) is 6.89. The van der Waals surface area contributed by atoms with Crippen LogP contribution in [-0.2, 0) is 0 Å². The van der Waals surface area contributed by atoms with E-state index in [9.17, 15) is 0 Å². The molecule has 62 valence electrons. The monoisotopic (exact) mass is 162 g/mol. The number of nitrogens with one attached hydrogen (secondary N) is 1. The van der Waals surface area contributed by atoms with Gasteiger partial charge in [0.15, 0.2) is 0 Å². The molecule has 0 bridgehead atoms. The summed E-state index contributed by atoms with van der Waals surface area (Å²) in [4.78, 5) is 0. The fourth-order valence-corrected chi connectivity index (χ4v) is 1.08. The number of nitrogens with two attached hydrogens (primary N) is 1. The molecule has 0 saturated heterocycles. The standard InChI is InChI=1S/C7H18N2S/c1-7(3-4-8)9-5-6-10-2/h7,9H,3-6,8H2,1-2H3. The summed E-state index contributed by atoms with van der Waals surface area (Å²) in [5.41, 5.74) is 5.39. The minimum Gasteiger partial charge on any atom is -0.330 e. The lowest BCUT2D eigenvalue weighted by atomic mass is 10.2. The Bertz CT molecular complexity index is 68.6. The number of thioether (sulfide) groups is 1. The van der Waals surface area contributed by atoms with Crippen molar-refractivity contribution >= 4 is 11.8 Å². The molecule has 0 spiro atoms. The molecule has 2 nitrogen and oxygen atoms in total. The maximum Gasteiger partial charge on any atom is 0.00554 e. The van der Waals surface area contributed by atoms with Crippen LogP contribution in [0.4, 0.5) is 0 Å². The Balaban J connectivity index is 2.97. The van der Waals surface area contributed by atoms with Gasteiger partial charge in [-0.2, -0.15) is 11.8 Å². The van der Waals surface area contributed by atoms with E-state index in [2.05, 4.69) is 18.5 Å². The second-order valence-electron chi connectivity index (χ2n) is 2.43. The van der Waals surface area contributed by atoms with Crippen LogP contribution in [0.1, 0.15) is 13.3 Å². The summed E-state index contributed by atoms with van der Waals surface area (Å²) in [5, 5.41) is 3.38. The van der Waals surface area contributed by atoms with E-state index in [0.717, 1.165) is 19.5 Å². The van der Waals surface area contributed by atoms with Crippen molar-refractivity contribution in [3.63, 3.8) is 0 Å². The summed E-state index contributed by atoms with van der Waals surface area (Å²) in [6, 6.07) is 0.581. The third kappa shape index (κ3) is 6.39. The average molecular weight is 162 g/mol. The Morgan fingerprint density at radius 2 is 2.30 bits per heavy atom. The summed E-state index contributed by atoms with van der Waals surface area (Å²) >= 11 is 1.87. The van der Waals surface area contributed by atoms with Gasteiger partial charge in [-0.15, -0.1) is 0 Å². The molecule has 0 saturated carbocycles. The van der Waals surface area contributed by atoms with Gasteiger partial charge in [-0.25, -0.2) is 0 Å². The van der Waals surface area contributed by atoms with E-state index < -0.39 is 0 Å². The summed E-state index contributed by atoms with van der Waals surface area (Å²) in [7, 11) is 0. The third-order valence-corrected chi connectivity index (χ3v) is 2.01. The topological polar surface area (TPSA) is 38.0 Å². The summed E-state index contributed by atoms with van der Waals surface area (Å²) < 4.78 is 0. The quantitative estimate of drug-likeness (QED) is 0.564. The van der Waals surface area contributed by atoms with E-state index in [1.807, 2.05) is 11.8 Å². The van der Waals surface area contributed by atoms with Gasteiger partial charge in [0.05, 0.1) is 0 Å². The summed E-state index contributed by atoms with van der Waals surface area (Å²) in [5.74, 6) is 1.19. The van der Waals surface area contributed by atoms with Crippen LogP contribution < -0.4 is 11.1 Å². The number of rotatable bonds is 6. The normalized spacial score (nSPS) is 13.5. The van der Waals surface area contributed by atoms with Crippen molar-refractivity contribution < 1.29 is 0 Å². The van der Waals surface area contributed by atoms with Crippen molar-refractivity contribution in [1.29, 1.82) is 0 Å². The van der Waals surface area contributed by atoms with Crippen LogP contribution in [0.15, 0.2) is 0 Å². The largest absolute Gasteiger partial charge is 0.330 e. The van der Waals surface area contributed by atoms with Crippen molar-refractivity contribution in [2.24, 2.45) is 5.73 Å². The zero-order chi connectivity index (χ0) is 7.82. The molecule has 1 unspecified atom stereocenters. The van der Waals surface area contributed by atoms with Crippen LogP contribution in [0.2, 0.25) is 0 Å². The highest BCUT2D eigenvalue weighted by Crippen LogP contribution is 1.90. The van der Waals surface area contributed by atoms with Gasteiger partial charge in [-0.05, 0) is 26.1 Å². The van der Waals surface area contributed by atoms with Gasteiger partial charge in [0.25, 0.3) is 0 Å². The van der Waals surface area contributed by atoms with E-state index in [1.165, 1.54) is 5.75 Å². The Labute approximate surface area is 67.9 Å². The van der Waals surface area contributed by atoms with Gasteiger partial charge in [0.2, 0.25) is 0 Å². The van der Waals surface area contributed by atoms with Crippen LogP contribution in [0.3, 0.4) is 0 Å². The maximum atomic E-state index is 5.39. The zero-order valence-corrected chi connectivity index (χ0v) is 7.71. The molecule has 0 aromatic rings. The lowest BCUT2D eigenvalue weighted by Gasteiger charge is -2.10. The minimum absolute atomic E-state index is 0.581. The summed E-state index contributed by atoms with van der Waals surface area (Å²) in [6.07, 6.45) is 3.20. The van der Waals surface area contributed by atoms with E-state index >= 15 is 0 Å². The predicted octanol–water partition coefficient (Wildman–Crippen LogP) is 0.676. The molecule has 0 rings (SSSR count). The molecule has 0 heterocycles. The maximum absolute atomic E-state index is 5.39. The smallest absolute Gasteiger partial charge is 0.00554 e. The Kier molecular flexibility index (Phi) is 7.58. The molecule has 0 aliphatic heterocycles. The van der Waals surface area contributed by atoms with Gasteiger partial charge in [0.1, 0.15) is 0 Å². The minimum atomic E-state index is 0.581. The van der Waals surface area contributed by atoms with Crippen molar-refractivity contribution in [2.75, 3.05) is 25.1 Å². The first kappa shape index (κ1) is 10.3. The molecular weight excluding hydrogens is 144 g/mol. The van der Waals surface area contributed by atoms with E-state index in [1.54, 1.807) is 0 Å². The molecule has 0 radical (unpaired) electrons. The highest BCUT2D eigenvalue weighted by atomic mass is 32.2. The van der Waals surface area contributed by atoms with Crippen LogP contribution in [0.25, 0.3) is 0 Å². The highest BCUT2D eigenvalue weighted by Gasteiger charge is 1.96. The lowest BCUT2D eigenvalue weighted by molar-refractivity contribution is 0.539. The molecule has 10 heavy (non-hydrogen) atoms. The fourth-order valence-electron chi connectivity index (χ4n) is 0.759. The molecule has 0 aliphatic rings. The van der Waals surface area contributed by atoms with Crippen LogP contribution >= 0.6 is 11.8 Å². The van der Waals surface area contributed by atoms with Crippen LogP contribution in [0.5, 0.6) is 0 Å². The van der Waals surface area contributed by atoms with Crippen molar-refractivity contribution in [1.82, 2.24) is 5.32 Å². The third-order valence-electron chi connectivity index (χ3n) is 1.40. The van der Waals surface area contributed by atoms with Gasteiger partial charge < -0.3 is 11.1 Å². The number of hydrogen-bond donors (Lipinski definition) is 2. The first-order chi connectivity index (χ1) is 4.81. The predicted molar refractivity (Wildman–Crippen MR) is 49.5 cm³/mol. The summed E-state index contributed by atoms with van der Waals surface area (Å²) in [6.45, 7) is 4.06. The molecule has 0 aromatic heterocycles. The molecule has 0 aliphatic carbocycles. The Hall–Kier alpha value is 0.270. The van der Waals surface area contributed by atoms with Gasteiger partial charge in [-0.3, -0.25) is 0 Å². The van der Waals surface area contributed by atoms with Crippen molar-refractivity contribution in [2.45, 2.75) is 19.4 Å². The van der Waals surface area contributed by atoms with Gasteiger partial charge >= 0.3 is 0 Å². The van der Waals surface area contributed by atoms with E-state index in [0.29, 0.717) is 6.04 Å². The molecule has 1 atom stereocenters. The van der Waals surface area contributed by atoms with Crippen molar-refractivity contribution in [3.05, 3.63) is 0 Å². The molecule has 0 aromatic carbocycles. The van der Waals surface area contributed by atoms with Crippen LogP contribution in [0, 0.1) is 0 Å². The molecule has 0 fully saturated rings.